The highest BCUT2D eigenvalue weighted by Crippen LogP contribution is 2.16. The third-order valence-electron chi connectivity index (χ3n) is 3.27. The molecule has 1 fully saturated rings. The van der Waals surface area contributed by atoms with Crippen molar-refractivity contribution in [1.82, 2.24) is 9.80 Å². The molecule has 0 radical (unpaired) electrons. The quantitative estimate of drug-likeness (QED) is 0.754. The van der Waals surface area contributed by atoms with Crippen LogP contribution < -0.4 is 0 Å². The molecule has 1 aromatic rings. The van der Waals surface area contributed by atoms with Crippen molar-refractivity contribution in [2.75, 3.05) is 32.7 Å². The SMILES string of the molecule is CCN1CCN(C(=O)c2cc(I)ccc2F)CC1. The predicted molar refractivity (Wildman–Crippen MR) is 77.1 cm³/mol. The van der Waals surface area contributed by atoms with E-state index in [-0.39, 0.29) is 11.5 Å². The average Bonchev–Trinajstić information content (AvgIpc) is 2.41. The van der Waals surface area contributed by atoms with Crippen molar-refractivity contribution in [1.29, 1.82) is 0 Å². The molecule has 0 atom stereocenters. The Labute approximate surface area is 120 Å². The van der Waals surface area contributed by atoms with Gasteiger partial charge in [0.25, 0.3) is 5.91 Å². The normalized spacial score (nSPS) is 16.9. The number of halogens is 2. The summed E-state index contributed by atoms with van der Waals surface area (Å²) in [6.45, 7) is 6.20. The van der Waals surface area contributed by atoms with Gasteiger partial charge in [0.05, 0.1) is 5.56 Å². The van der Waals surface area contributed by atoms with Crippen molar-refractivity contribution in [2.24, 2.45) is 0 Å². The Morgan fingerprint density at radius 1 is 1.33 bits per heavy atom. The summed E-state index contributed by atoms with van der Waals surface area (Å²) in [5.74, 6) is -0.625. The first-order valence-electron chi connectivity index (χ1n) is 6.08. The molecular weight excluding hydrogens is 346 g/mol. The van der Waals surface area contributed by atoms with E-state index in [1.807, 2.05) is 0 Å². The van der Waals surface area contributed by atoms with Gasteiger partial charge in [-0.05, 0) is 47.3 Å². The van der Waals surface area contributed by atoms with Crippen LogP contribution in [-0.4, -0.2) is 48.4 Å². The topological polar surface area (TPSA) is 23.6 Å². The maximum atomic E-state index is 13.7. The summed E-state index contributed by atoms with van der Waals surface area (Å²) in [6, 6.07) is 4.64. The molecule has 2 rings (SSSR count). The molecule has 1 aliphatic heterocycles. The van der Waals surface area contributed by atoms with Gasteiger partial charge in [-0.25, -0.2) is 4.39 Å². The second-order valence-corrected chi connectivity index (χ2v) is 5.60. The zero-order valence-electron chi connectivity index (χ0n) is 10.3. The molecule has 1 aliphatic rings. The molecule has 0 aromatic heterocycles. The summed E-state index contributed by atoms with van der Waals surface area (Å²) in [6.07, 6.45) is 0. The van der Waals surface area contributed by atoms with Crippen molar-refractivity contribution in [2.45, 2.75) is 6.92 Å². The molecule has 1 amide bonds. The Hall–Kier alpha value is -0.690. The van der Waals surface area contributed by atoms with E-state index in [0.717, 1.165) is 23.2 Å². The van der Waals surface area contributed by atoms with Crippen molar-refractivity contribution >= 4 is 28.5 Å². The molecular formula is C13H16FIN2O. The van der Waals surface area contributed by atoms with Gasteiger partial charge in [0.2, 0.25) is 0 Å². The number of carbonyl (C=O) groups excluding carboxylic acids is 1. The van der Waals surface area contributed by atoms with Crippen LogP contribution in [0.1, 0.15) is 17.3 Å². The zero-order chi connectivity index (χ0) is 13.1. The van der Waals surface area contributed by atoms with Crippen LogP contribution in [0, 0.1) is 9.39 Å². The largest absolute Gasteiger partial charge is 0.336 e. The molecule has 98 valence electrons. The number of carbonyl (C=O) groups is 1. The third kappa shape index (κ3) is 3.00. The van der Waals surface area contributed by atoms with E-state index in [0.29, 0.717) is 13.1 Å². The van der Waals surface area contributed by atoms with E-state index in [1.54, 1.807) is 17.0 Å². The summed E-state index contributed by atoms with van der Waals surface area (Å²) >= 11 is 2.09. The summed E-state index contributed by atoms with van der Waals surface area (Å²) in [4.78, 5) is 16.3. The lowest BCUT2D eigenvalue weighted by Crippen LogP contribution is -2.48. The minimum atomic E-state index is -0.432. The van der Waals surface area contributed by atoms with E-state index in [9.17, 15) is 9.18 Å². The first kappa shape index (κ1) is 13.7. The van der Waals surface area contributed by atoms with E-state index < -0.39 is 5.82 Å². The van der Waals surface area contributed by atoms with Crippen LogP contribution in [-0.2, 0) is 0 Å². The molecule has 3 nitrogen and oxygen atoms in total. The lowest BCUT2D eigenvalue weighted by atomic mass is 10.1. The van der Waals surface area contributed by atoms with E-state index >= 15 is 0 Å². The second kappa shape index (κ2) is 5.97. The summed E-state index contributed by atoms with van der Waals surface area (Å²) in [5, 5.41) is 0. The minimum Gasteiger partial charge on any atom is -0.336 e. The van der Waals surface area contributed by atoms with Crippen LogP contribution >= 0.6 is 22.6 Å². The molecule has 1 aromatic carbocycles. The van der Waals surface area contributed by atoms with Gasteiger partial charge in [-0.15, -0.1) is 0 Å². The number of benzene rings is 1. The molecule has 0 N–H and O–H groups in total. The Morgan fingerprint density at radius 2 is 2.00 bits per heavy atom. The molecule has 18 heavy (non-hydrogen) atoms. The number of likely N-dealkylation sites (N-methyl/N-ethyl adjacent to an activating group) is 1. The monoisotopic (exact) mass is 362 g/mol. The van der Waals surface area contributed by atoms with Gasteiger partial charge < -0.3 is 9.80 Å². The average molecular weight is 362 g/mol. The van der Waals surface area contributed by atoms with Gasteiger partial charge in [-0.2, -0.15) is 0 Å². The van der Waals surface area contributed by atoms with Gasteiger partial charge in [-0.3, -0.25) is 4.79 Å². The van der Waals surface area contributed by atoms with Gasteiger partial charge in [0.15, 0.2) is 0 Å². The van der Waals surface area contributed by atoms with Crippen LogP contribution in [0.2, 0.25) is 0 Å². The van der Waals surface area contributed by atoms with Crippen molar-refractivity contribution < 1.29 is 9.18 Å². The highest BCUT2D eigenvalue weighted by molar-refractivity contribution is 14.1. The molecule has 1 saturated heterocycles. The fourth-order valence-electron chi connectivity index (χ4n) is 2.10. The second-order valence-electron chi connectivity index (χ2n) is 4.35. The third-order valence-corrected chi connectivity index (χ3v) is 3.94. The Bertz CT molecular complexity index is 445. The van der Waals surface area contributed by atoms with Gasteiger partial charge in [0.1, 0.15) is 5.82 Å². The molecule has 0 saturated carbocycles. The van der Waals surface area contributed by atoms with Crippen LogP contribution in [0.4, 0.5) is 4.39 Å². The number of nitrogens with zero attached hydrogens (tertiary/aromatic N) is 2. The minimum absolute atomic E-state index is 0.187. The lowest BCUT2D eigenvalue weighted by molar-refractivity contribution is 0.0638. The maximum absolute atomic E-state index is 13.7. The zero-order valence-corrected chi connectivity index (χ0v) is 12.5. The van der Waals surface area contributed by atoms with Crippen LogP contribution in [0.15, 0.2) is 18.2 Å². The molecule has 1 heterocycles. The molecule has 5 heteroatoms. The van der Waals surface area contributed by atoms with Crippen molar-refractivity contribution in [3.8, 4) is 0 Å². The van der Waals surface area contributed by atoms with E-state index in [4.69, 9.17) is 0 Å². The molecule has 0 unspecified atom stereocenters. The molecule has 0 aliphatic carbocycles. The summed E-state index contributed by atoms with van der Waals surface area (Å²) < 4.78 is 14.5. The lowest BCUT2D eigenvalue weighted by Gasteiger charge is -2.34. The Morgan fingerprint density at radius 3 is 2.61 bits per heavy atom. The van der Waals surface area contributed by atoms with Crippen molar-refractivity contribution in [3.63, 3.8) is 0 Å². The number of hydrogen-bond donors (Lipinski definition) is 0. The Kier molecular flexibility index (Phi) is 4.55. The maximum Gasteiger partial charge on any atom is 0.256 e. The van der Waals surface area contributed by atoms with E-state index in [1.165, 1.54) is 6.07 Å². The molecule has 0 spiro atoms. The number of amides is 1. The molecule has 0 bridgehead atoms. The van der Waals surface area contributed by atoms with Gasteiger partial charge in [0, 0.05) is 29.7 Å². The summed E-state index contributed by atoms with van der Waals surface area (Å²) in [5.41, 5.74) is 0.187. The van der Waals surface area contributed by atoms with Gasteiger partial charge in [-0.1, -0.05) is 6.92 Å². The highest BCUT2D eigenvalue weighted by atomic mass is 127. The smallest absolute Gasteiger partial charge is 0.256 e. The first-order valence-corrected chi connectivity index (χ1v) is 7.16. The van der Waals surface area contributed by atoms with E-state index in [2.05, 4.69) is 34.4 Å². The Balaban J connectivity index is 2.10. The van der Waals surface area contributed by atoms with Gasteiger partial charge >= 0.3 is 0 Å². The van der Waals surface area contributed by atoms with Crippen LogP contribution in [0.5, 0.6) is 0 Å². The fourth-order valence-corrected chi connectivity index (χ4v) is 2.59. The van der Waals surface area contributed by atoms with Crippen molar-refractivity contribution in [3.05, 3.63) is 33.1 Å². The fraction of sp³-hybridized carbons (Fsp3) is 0.462. The highest BCUT2D eigenvalue weighted by Gasteiger charge is 2.23. The van der Waals surface area contributed by atoms with Crippen LogP contribution in [0.3, 0.4) is 0 Å². The number of hydrogen-bond acceptors (Lipinski definition) is 2. The standard InChI is InChI=1S/C13H16FIN2O/c1-2-16-5-7-17(8-6-16)13(18)11-9-10(15)3-4-12(11)14/h3-4,9H,2,5-8H2,1H3. The number of rotatable bonds is 2. The van der Waals surface area contributed by atoms with Crippen LogP contribution in [0.25, 0.3) is 0 Å². The first-order chi connectivity index (χ1) is 8.61. The number of piperazine rings is 1. The summed E-state index contributed by atoms with van der Waals surface area (Å²) in [7, 11) is 0. The predicted octanol–water partition coefficient (Wildman–Crippen LogP) is 2.21.